The number of amides is 1. The third-order valence-electron chi connectivity index (χ3n) is 1.79. The molecule has 0 aromatic heterocycles. The zero-order valence-electron chi connectivity index (χ0n) is 10.8. The summed E-state index contributed by atoms with van der Waals surface area (Å²) in [6.45, 7) is 10.1. The third-order valence-corrected chi connectivity index (χ3v) is 1.79. The summed E-state index contributed by atoms with van der Waals surface area (Å²) in [5, 5.41) is 2.78. The van der Waals surface area contributed by atoms with Crippen LogP contribution >= 0.6 is 0 Å². The molecule has 0 aliphatic carbocycles. The van der Waals surface area contributed by atoms with E-state index in [1.54, 1.807) is 6.92 Å². The zero-order valence-corrected chi connectivity index (χ0v) is 10.8. The van der Waals surface area contributed by atoms with E-state index in [2.05, 4.69) is 5.32 Å². The van der Waals surface area contributed by atoms with Crippen LogP contribution < -0.4 is 5.32 Å². The Labute approximate surface area is 94.6 Å². The number of hydrogen-bond acceptors (Lipinski definition) is 2. The van der Waals surface area contributed by atoms with Gasteiger partial charge in [0.1, 0.15) is 0 Å². The maximum Gasteiger partial charge on any atom is 0.216 e. The fraction of sp³-hybridized carbons (Fsp3) is 0.917. The second-order valence-electron chi connectivity index (χ2n) is 3.09. The highest BCUT2D eigenvalue weighted by molar-refractivity contribution is 5.72. The maximum absolute atomic E-state index is 10.5. The minimum Gasteiger partial charge on any atom is -0.382 e. The molecule has 1 amide bonds. The molecule has 0 aliphatic heterocycles. The molecule has 0 heterocycles. The van der Waals surface area contributed by atoms with Gasteiger partial charge in [-0.05, 0) is 19.8 Å². The lowest BCUT2D eigenvalue weighted by atomic mass is 10.2. The van der Waals surface area contributed by atoms with Crippen LogP contribution in [0, 0.1) is 0 Å². The Morgan fingerprint density at radius 1 is 1.13 bits per heavy atom. The number of hydrogen-bond donors (Lipinski definition) is 1. The van der Waals surface area contributed by atoms with Gasteiger partial charge in [-0.3, -0.25) is 4.79 Å². The summed E-state index contributed by atoms with van der Waals surface area (Å²) < 4.78 is 5.21. The number of ether oxygens (including phenoxy) is 1. The lowest BCUT2D eigenvalue weighted by molar-refractivity contribution is -0.118. The third kappa shape index (κ3) is 19.7. The van der Waals surface area contributed by atoms with E-state index >= 15 is 0 Å². The van der Waals surface area contributed by atoms with Gasteiger partial charge in [-0.25, -0.2) is 0 Å². The molecule has 92 valence electrons. The molecule has 0 rings (SSSR count). The van der Waals surface area contributed by atoms with Crippen molar-refractivity contribution in [3.63, 3.8) is 0 Å². The average Bonchev–Trinajstić information content (AvgIpc) is 2.24. The molecule has 0 saturated heterocycles. The van der Waals surface area contributed by atoms with Gasteiger partial charge < -0.3 is 10.1 Å². The maximum atomic E-state index is 10.5. The Kier molecular flexibility index (Phi) is 17.8. The summed E-state index contributed by atoms with van der Waals surface area (Å²) in [7, 11) is 0. The van der Waals surface area contributed by atoms with Gasteiger partial charge in [0.05, 0.1) is 0 Å². The summed E-state index contributed by atoms with van der Waals surface area (Å²) >= 11 is 0. The van der Waals surface area contributed by atoms with E-state index in [1.165, 1.54) is 12.8 Å². The Bertz CT molecular complexity index is 127. The first-order chi connectivity index (χ1) is 7.27. The molecule has 0 aromatic rings. The molecular formula is C12H27NO2. The van der Waals surface area contributed by atoms with Crippen molar-refractivity contribution >= 4 is 5.91 Å². The lowest BCUT2D eigenvalue weighted by Crippen LogP contribution is -2.20. The zero-order chi connectivity index (χ0) is 11.9. The van der Waals surface area contributed by atoms with Crippen LogP contribution in [0.25, 0.3) is 0 Å². The fourth-order valence-electron chi connectivity index (χ4n) is 1.09. The minimum absolute atomic E-state index is 0.0642. The molecule has 15 heavy (non-hydrogen) atoms. The SMILES string of the molecule is CC.CCOCCCCCCNC(C)=O. The van der Waals surface area contributed by atoms with Crippen LogP contribution in [0.4, 0.5) is 0 Å². The van der Waals surface area contributed by atoms with Crippen molar-refractivity contribution in [1.29, 1.82) is 0 Å². The summed E-state index contributed by atoms with van der Waals surface area (Å²) in [6.07, 6.45) is 4.58. The van der Waals surface area contributed by atoms with Gasteiger partial charge in [0.25, 0.3) is 0 Å². The Balaban J connectivity index is 0. The molecule has 0 radical (unpaired) electrons. The van der Waals surface area contributed by atoms with Gasteiger partial charge >= 0.3 is 0 Å². The summed E-state index contributed by atoms with van der Waals surface area (Å²) in [4.78, 5) is 10.5. The van der Waals surface area contributed by atoms with Crippen molar-refractivity contribution in [1.82, 2.24) is 5.32 Å². The van der Waals surface area contributed by atoms with Crippen LogP contribution in [-0.2, 0) is 9.53 Å². The first kappa shape index (κ1) is 16.8. The van der Waals surface area contributed by atoms with Crippen molar-refractivity contribution < 1.29 is 9.53 Å². The summed E-state index contributed by atoms with van der Waals surface area (Å²) in [5.41, 5.74) is 0. The molecule has 0 atom stereocenters. The Hall–Kier alpha value is -0.570. The molecule has 0 aromatic carbocycles. The average molecular weight is 217 g/mol. The molecule has 1 N–H and O–H groups in total. The second kappa shape index (κ2) is 15.9. The smallest absolute Gasteiger partial charge is 0.216 e. The van der Waals surface area contributed by atoms with Crippen LogP contribution in [0.15, 0.2) is 0 Å². The molecule has 0 aliphatic rings. The number of carbonyl (C=O) groups is 1. The van der Waals surface area contributed by atoms with Crippen molar-refractivity contribution in [3.8, 4) is 0 Å². The first-order valence-corrected chi connectivity index (χ1v) is 6.09. The number of carbonyl (C=O) groups excluding carboxylic acids is 1. The van der Waals surface area contributed by atoms with E-state index in [9.17, 15) is 4.79 Å². The molecule has 0 saturated carbocycles. The highest BCUT2D eigenvalue weighted by Gasteiger charge is 1.91. The van der Waals surface area contributed by atoms with E-state index < -0.39 is 0 Å². The van der Waals surface area contributed by atoms with E-state index in [0.717, 1.165) is 32.6 Å². The van der Waals surface area contributed by atoms with Crippen molar-refractivity contribution in [2.75, 3.05) is 19.8 Å². The van der Waals surface area contributed by atoms with Gasteiger partial charge in [-0.2, -0.15) is 0 Å². The predicted octanol–water partition coefficient (Wildman–Crippen LogP) is 2.75. The Morgan fingerprint density at radius 3 is 2.27 bits per heavy atom. The molecule has 0 fully saturated rings. The highest BCUT2D eigenvalue weighted by atomic mass is 16.5. The van der Waals surface area contributed by atoms with Crippen molar-refractivity contribution in [2.24, 2.45) is 0 Å². The largest absolute Gasteiger partial charge is 0.382 e. The Morgan fingerprint density at radius 2 is 1.73 bits per heavy atom. The topological polar surface area (TPSA) is 38.3 Å². The van der Waals surface area contributed by atoms with Crippen LogP contribution in [0.2, 0.25) is 0 Å². The lowest BCUT2D eigenvalue weighted by Gasteiger charge is -2.02. The predicted molar refractivity (Wildman–Crippen MR) is 65.0 cm³/mol. The monoisotopic (exact) mass is 217 g/mol. The molecule has 0 bridgehead atoms. The van der Waals surface area contributed by atoms with Gasteiger partial charge in [0.15, 0.2) is 0 Å². The molecule has 3 nitrogen and oxygen atoms in total. The second-order valence-corrected chi connectivity index (χ2v) is 3.09. The van der Waals surface area contributed by atoms with Crippen LogP contribution in [0.1, 0.15) is 53.4 Å². The quantitative estimate of drug-likeness (QED) is 0.635. The van der Waals surface area contributed by atoms with Crippen LogP contribution in [-0.4, -0.2) is 25.7 Å². The standard InChI is InChI=1S/C10H21NO2.C2H6/c1-3-13-9-7-5-4-6-8-11-10(2)12;1-2/h3-9H2,1-2H3,(H,11,12);1-2H3. The van der Waals surface area contributed by atoms with Gasteiger partial charge in [-0.15, -0.1) is 0 Å². The fourth-order valence-corrected chi connectivity index (χ4v) is 1.09. The van der Waals surface area contributed by atoms with E-state index in [-0.39, 0.29) is 5.91 Å². The molecule has 0 spiro atoms. The van der Waals surface area contributed by atoms with Gasteiger partial charge in [0, 0.05) is 26.7 Å². The molecule has 3 heteroatoms. The highest BCUT2D eigenvalue weighted by Crippen LogP contribution is 1.98. The van der Waals surface area contributed by atoms with Gasteiger partial charge in [0.2, 0.25) is 5.91 Å². The number of nitrogens with one attached hydrogen (secondary N) is 1. The van der Waals surface area contributed by atoms with E-state index in [1.807, 2.05) is 20.8 Å². The van der Waals surface area contributed by atoms with E-state index in [4.69, 9.17) is 4.74 Å². The number of rotatable bonds is 8. The van der Waals surface area contributed by atoms with Gasteiger partial charge in [-0.1, -0.05) is 26.7 Å². The molecule has 0 unspecified atom stereocenters. The molecular weight excluding hydrogens is 190 g/mol. The summed E-state index contributed by atoms with van der Waals surface area (Å²) in [5.74, 6) is 0.0642. The van der Waals surface area contributed by atoms with Crippen molar-refractivity contribution in [2.45, 2.75) is 53.4 Å². The van der Waals surface area contributed by atoms with Crippen LogP contribution in [0.5, 0.6) is 0 Å². The van der Waals surface area contributed by atoms with Crippen LogP contribution in [0.3, 0.4) is 0 Å². The summed E-state index contributed by atoms with van der Waals surface area (Å²) in [6, 6.07) is 0. The number of unbranched alkanes of at least 4 members (excludes halogenated alkanes) is 3. The first-order valence-electron chi connectivity index (χ1n) is 6.09. The van der Waals surface area contributed by atoms with Crippen molar-refractivity contribution in [3.05, 3.63) is 0 Å². The minimum atomic E-state index is 0.0642. The normalized spacial score (nSPS) is 9.07. The van der Waals surface area contributed by atoms with E-state index in [0.29, 0.717) is 0 Å².